The Morgan fingerprint density at radius 1 is 0.513 bits per heavy atom. The van der Waals surface area contributed by atoms with Gasteiger partial charge in [-0.2, -0.15) is 0 Å². The Bertz CT molecular complexity index is 1160. The second-order valence-electron chi connectivity index (χ2n) is 9.46. The van der Waals surface area contributed by atoms with E-state index in [9.17, 15) is 14.4 Å². The lowest BCUT2D eigenvalue weighted by Crippen LogP contribution is -2.36. The van der Waals surface area contributed by atoms with Crippen LogP contribution in [-0.4, -0.2) is 86.6 Å². The van der Waals surface area contributed by atoms with Crippen molar-refractivity contribution >= 4 is 17.7 Å². The zero-order valence-corrected chi connectivity index (χ0v) is 21.7. The molecule has 0 atom stereocenters. The summed E-state index contributed by atoms with van der Waals surface area (Å²) in [6.45, 7) is 6.16. The lowest BCUT2D eigenvalue weighted by atomic mass is 10.2. The second-order valence-corrected chi connectivity index (χ2v) is 9.46. The van der Waals surface area contributed by atoms with E-state index in [0.717, 1.165) is 56.4 Å². The molecule has 3 aromatic heterocycles. The number of pyridine rings is 3. The van der Waals surface area contributed by atoms with Crippen molar-refractivity contribution in [3.63, 3.8) is 0 Å². The highest BCUT2D eigenvalue weighted by molar-refractivity contribution is 5.91. The number of amides is 3. The average molecular weight is 532 g/mol. The van der Waals surface area contributed by atoms with Crippen LogP contribution in [-0.2, 0) is 19.6 Å². The van der Waals surface area contributed by atoms with Crippen molar-refractivity contribution in [2.45, 2.75) is 19.6 Å². The normalized spacial score (nSPS) is 15.7. The monoisotopic (exact) mass is 531 g/mol. The first-order chi connectivity index (χ1) is 18.8. The smallest absolute Gasteiger partial charge is 0.267 e. The van der Waals surface area contributed by atoms with Crippen LogP contribution in [0.25, 0.3) is 0 Å². The zero-order chi connectivity index (χ0) is 27.8. The molecule has 12 heteroatoms. The Balaban J connectivity index is 1.52. The van der Waals surface area contributed by atoms with Gasteiger partial charge in [0, 0.05) is 58.9 Å². The molecule has 1 fully saturated rings. The molecule has 39 heavy (non-hydrogen) atoms. The molecule has 6 N–H and O–H groups in total. The third-order valence-corrected chi connectivity index (χ3v) is 6.53. The maximum atomic E-state index is 11.6. The summed E-state index contributed by atoms with van der Waals surface area (Å²) in [5, 5.41) is 0. The molecule has 0 aromatic carbocycles. The Kier molecular flexibility index (Phi) is 9.26. The minimum Gasteiger partial charge on any atom is -0.364 e. The highest BCUT2D eigenvalue weighted by atomic mass is 16.2. The van der Waals surface area contributed by atoms with Gasteiger partial charge >= 0.3 is 0 Å². The Morgan fingerprint density at radius 2 is 0.769 bits per heavy atom. The van der Waals surface area contributed by atoms with Crippen LogP contribution in [0.2, 0.25) is 0 Å². The summed E-state index contributed by atoms with van der Waals surface area (Å²) in [6.07, 6.45) is 0. The largest absolute Gasteiger partial charge is 0.364 e. The van der Waals surface area contributed by atoms with Gasteiger partial charge in [0.05, 0.1) is 17.1 Å². The molecule has 1 saturated heterocycles. The highest BCUT2D eigenvalue weighted by Crippen LogP contribution is 2.11. The molecule has 4 rings (SSSR count). The van der Waals surface area contributed by atoms with Crippen LogP contribution in [0.4, 0.5) is 0 Å². The summed E-state index contributed by atoms with van der Waals surface area (Å²) in [6, 6.07) is 15.8. The van der Waals surface area contributed by atoms with Crippen molar-refractivity contribution in [3.8, 4) is 0 Å². The molecular formula is C27H33N9O3. The van der Waals surface area contributed by atoms with Crippen molar-refractivity contribution in [1.29, 1.82) is 0 Å². The zero-order valence-electron chi connectivity index (χ0n) is 21.7. The summed E-state index contributed by atoms with van der Waals surface area (Å²) >= 11 is 0. The van der Waals surface area contributed by atoms with Crippen molar-refractivity contribution in [3.05, 3.63) is 88.8 Å². The molecule has 0 radical (unpaired) electrons. The summed E-state index contributed by atoms with van der Waals surface area (Å²) < 4.78 is 0. The van der Waals surface area contributed by atoms with Gasteiger partial charge < -0.3 is 17.2 Å². The van der Waals surface area contributed by atoms with Gasteiger partial charge in [0.15, 0.2) is 0 Å². The minimum absolute atomic E-state index is 0.237. The van der Waals surface area contributed by atoms with Gasteiger partial charge in [0.1, 0.15) is 17.1 Å². The van der Waals surface area contributed by atoms with E-state index in [1.807, 2.05) is 18.2 Å². The van der Waals surface area contributed by atoms with Crippen LogP contribution in [0.15, 0.2) is 54.6 Å². The number of hydrogen-bond donors (Lipinski definition) is 3. The standard InChI is InChI=1S/C27H33N9O3/c28-25(37)22-7-1-4-19(31-22)16-34-10-12-35(17-20-5-2-8-23(32-20)26(29)38)14-15-36(13-11-34)18-21-6-3-9-24(33-21)27(30)39/h1-9H,10-18H2,(H2,28,37)(H2,29,38)(H2,30,39). The van der Waals surface area contributed by atoms with E-state index in [1.165, 1.54) is 0 Å². The van der Waals surface area contributed by atoms with Gasteiger partial charge in [0.25, 0.3) is 17.7 Å². The molecule has 204 valence electrons. The van der Waals surface area contributed by atoms with Gasteiger partial charge in [-0.05, 0) is 36.4 Å². The first-order valence-corrected chi connectivity index (χ1v) is 12.7. The van der Waals surface area contributed by atoms with Gasteiger partial charge in [-0.25, -0.2) is 15.0 Å². The molecule has 0 saturated carbocycles. The van der Waals surface area contributed by atoms with E-state index in [4.69, 9.17) is 17.2 Å². The van der Waals surface area contributed by atoms with Crippen LogP contribution in [0.5, 0.6) is 0 Å². The molecule has 4 heterocycles. The summed E-state index contributed by atoms with van der Waals surface area (Å²) in [4.78, 5) is 54.9. The fraction of sp³-hybridized carbons (Fsp3) is 0.333. The van der Waals surface area contributed by atoms with Crippen LogP contribution in [0.3, 0.4) is 0 Å². The fourth-order valence-electron chi connectivity index (χ4n) is 4.46. The lowest BCUT2D eigenvalue weighted by Gasteiger charge is -2.25. The first kappa shape index (κ1) is 27.8. The SMILES string of the molecule is NC(=O)c1cccc(CN2CCN(Cc3cccc(C(N)=O)n3)CCN(Cc3cccc(C(N)=O)n3)CC2)n1. The van der Waals surface area contributed by atoms with Crippen molar-refractivity contribution < 1.29 is 14.4 Å². The van der Waals surface area contributed by atoms with Crippen molar-refractivity contribution in [2.24, 2.45) is 17.2 Å². The number of carbonyl (C=O) groups excluding carboxylic acids is 3. The van der Waals surface area contributed by atoms with E-state index >= 15 is 0 Å². The van der Waals surface area contributed by atoms with Gasteiger partial charge in [-0.1, -0.05) is 18.2 Å². The number of hydrogen-bond acceptors (Lipinski definition) is 9. The molecule has 1 aliphatic rings. The van der Waals surface area contributed by atoms with E-state index in [2.05, 4.69) is 29.7 Å². The molecule has 0 unspecified atom stereocenters. The van der Waals surface area contributed by atoms with E-state index in [-0.39, 0.29) is 17.1 Å². The molecule has 0 aliphatic carbocycles. The maximum Gasteiger partial charge on any atom is 0.267 e. The fourth-order valence-corrected chi connectivity index (χ4v) is 4.46. The molecule has 0 spiro atoms. The van der Waals surface area contributed by atoms with Gasteiger partial charge in [0.2, 0.25) is 0 Å². The van der Waals surface area contributed by atoms with E-state index in [0.29, 0.717) is 19.6 Å². The van der Waals surface area contributed by atoms with Gasteiger partial charge in [-0.15, -0.1) is 0 Å². The molecule has 3 aromatic rings. The number of aromatic nitrogens is 3. The molecular weight excluding hydrogens is 498 g/mol. The first-order valence-electron chi connectivity index (χ1n) is 12.7. The molecule has 3 amide bonds. The molecule has 1 aliphatic heterocycles. The Hall–Kier alpha value is -4.26. The minimum atomic E-state index is -0.560. The number of carbonyl (C=O) groups is 3. The highest BCUT2D eigenvalue weighted by Gasteiger charge is 2.19. The maximum absolute atomic E-state index is 11.6. The van der Waals surface area contributed by atoms with Crippen LogP contribution >= 0.6 is 0 Å². The van der Waals surface area contributed by atoms with Crippen LogP contribution in [0, 0.1) is 0 Å². The second kappa shape index (κ2) is 13.0. The number of nitrogens with two attached hydrogens (primary N) is 3. The summed E-state index contributed by atoms with van der Waals surface area (Å²) in [7, 11) is 0. The molecule has 12 nitrogen and oxygen atoms in total. The topological polar surface area (TPSA) is 178 Å². The molecule has 0 bridgehead atoms. The Labute approximate surface area is 226 Å². The number of primary amides is 3. The average Bonchev–Trinajstić information content (AvgIpc) is 3.01. The lowest BCUT2D eigenvalue weighted by molar-refractivity contribution is 0.0986. The number of rotatable bonds is 9. The summed E-state index contributed by atoms with van der Waals surface area (Å²) in [5.74, 6) is -1.68. The third kappa shape index (κ3) is 8.11. The third-order valence-electron chi connectivity index (χ3n) is 6.53. The van der Waals surface area contributed by atoms with Crippen LogP contribution < -0.4 is 17.2 Å². The predicted molar refractivity (Wildman–Crippen MR) is 144 cm³/mol. The quantitative estimate of drug-likeness (QED) is 0.342. The van der Waals surface area contributed by atoms with E-state index < -0.39 is 17.7 Å². The predicted octanol–water partition coefficient (Wildman–Crippen LogP) is -0.0117. The van der Waals surface area contributed by atoms with Gasteiger partial charge in [-0.3, -0.25) is 29.1 Å². The van der Waals surface area contributed by atoms with Crippen molar-refractivity contribution in [2.75, 3.05) is 39.3 Å². The van der Waals surface area contributed by atoms with Crippen molar-refractivity contribution in [1.82, 2.24) is 29.7 Å². The Morgan fingerprint density at radius 3 is 1.00 bits per heavy atom. The number of nitrogens with zero attached hydrogens (tertiary/aromatic N) is 6. The van der Waals surface area contributed by atoms with Crippen LogP contribution in [0.1, 0.15) is 48.5 Å². The summed E-state index contributed by atoms with van der Waals surface area (Å²) in [5.41, 5.74) is 19.3. The van der Waals surface area contributed by atoms with E-state index in [1.54, 1.807) is 36.4 Å².